The van der Waals surface area contributed by atoms with Gasteiger partial charge in [0.05, 0.1) is 29.7 Å². The molecule has 9 heteroatoms. The second kappa shape index (κ2) is 9.41. The van der Waals surface area contributed by atoms with Crippen molar-refractivity contribution in [2.75, 3.05) is 43.1 Å². The molecule has 0 spiro atoms. The van der Waals surface area contributed by atoms with Gasteiger partial charge in [-0.3, -0.25) is 9.59 Å². The standard InChI is InChI=1S/C26H27N3O5S/c1-18-9-10-21(16-24(18)35(32,33)28-11-13-34-14-12-28)27-26(31)20-15-25(30)29(17-20)23-8-4-6-19-5-2-3-7-22(19)23/h2-10,16,20H,11-15,17H2,1H3,(H,27,31). The first-order valence-corrected chi connectivity index (χ1v) is 13.1. The number of carbonyl (C=O) groups excluding carboxylic acids is 2. The summed E-state index contributed by atoms with van der Waals surface area (Å²) in [6.45, 7) is 3.31. The molecule has 0 radical (unpaired) electrons. The summed E-state index contributed by atoms with van der Waals surface area (Å²) in [7, 11) is -3.70. The maximum Gasteiger partial charge on any atom is 0.243 e. The molecule has 3 aromatic rings. The number of sulfonamides is 1. The minimum absolute atomic E-state index is 0.0971. The second-order valence-corrected chi connectivity index (χ2v) is 10.8. The van der Waals surface area contributed by atoms with E-state index in [1.54, 1.807) is 24.0 Å². The van der Waals surface area contributed by atoms with Gasteiger partial charge in [0.1, 0.15) is 0 Å². The van der Waals surface area contributed by atoms with E-state index in [4.69, 9.17) is 4.74 Å². The minimum atomic E-state index is -3.70. The monoisotopic (exact) mass is 493 g/mol. The lowest BCUT2D eigenvalue weighted by Gasteiger charge is -2.27. The molecule has 1 N–H and O–H groups in total. The molecular formula is C26H27N3O5S. The molecule has 2 aliphatic heterocycles. The van der Waals surface area contributed by atoms with Gasteiger partial charge in [0, 0.05) is 37.1 Å². The molecule has 2 fully saturated rings. The Balaban J connectivity index is 1.34. The van der Waals surface area contributed by atoms with Gasteiger partial charge in [-0.25, -0.2) is 8.42 Å². The first-order chi connectivity index (χ1) is 16.8. The number of rotatable bonds is 5. The van der Waals surface area contributed by atoms with Crippen LogP contribution >= 0.6 is 0 Å². The number of hydrogen-bond acceptors (Lipinski definition) is 5. The van der Waals surface area contributed by atoms with Crippen LogP contribution < -0.4 is 10.2 Å². The molecule has 1 unspecified atom stereocenters. The number of anilines is 2. The van der Waals surface area contributed by atoms with Gasteiger partial charge in [0.15, 0.2) is 0 Å². The zero-order valence-corrected chi connectivity index (χ0v) is 20.3. The number of morpholine rings is 1. The summed E-state index contributed by atoms with van der Waals surface area (Å²) in [6.07, 6.45) is 0.0971. The summed E-state index contributed by atoms with van der Waals surface area (Å²) in [5.41, 5.74) is 1.79. The summed E-state index contributed by atoms with van der Waals surface area (Å²) in [6, 6.07) is 18.5. The second-order valence-electron chi connectivity index (χ2n) is 8.89. The molecule has 8 nitrogen and oxygen atoms in total. The third-order valence-corrected chi connectivity index (χ3v) is 8.64. The molecule has 0 aliphatic carbocycles. The SMILES string of the molecule is Cc1ccc(NC(=O)C2CC(=O)N(c3cccc4ccccc34)C2)cc1S(=O)(=O)N1CCOCC1. The summed E-state index contributed by atoms with van der Waals surface area (Å²) >= 11 is 0. The number of benzene rings is 3. The molecule has 182 valence electrons. The van der Waals surface area contributed by atoms with Gasteiger partial charge in [-0.15, -0.1) is 0 Å². The van der Waals surface area contributed by atoms with E-state index in [-0.39, 0.29) is 29.7 Å². The number of fused-ring (bicyclic) bond motifs is 1. The van der Waals surface area contributed by atoms with Gasteiger partial charge in [-0.05, 0) is 36.1 Å². The highest BCUT2D eigenvalue weighted by atomic mass is 32.2. The van der Waals surface area contributed by atoms with Gasteiger partial charge in [-0.1, -0.05) is 42.5 Å². The fraction of sp³-hybridized carbons (Fsp3) is 0.308. The lowest BCUT2D eigenvalue weighted by molar-refractivity contribution is -0.122. The van der Waals surface area contributed by atoms with Crippen LogP contribution in [0.4, 0.5) is 11.4 Å². The molecule has 3 aromatic carbocycles. The topological polar surface area (TPSA) is 96.0 Å². The largest absolute Gasteiger partial charge is 0.379 e. The molecule has 2 saturated heterocycles. The Morgan fingerprint density at radius 1 is 1.03 bits per heavy atom. The van der Waals surface area contributed by atoms with Crippen LogP contribution in [-0.2, 0) is 24.3 Å². The average molecular weight is 494 g/mol. The highest BCUT2D eigenvalue weighted by Gasteiger charge is 2.36. The Labute approximate surface area is 204 Å². The van der Waals surface area contributed by atoms with E-state index >= 15 is 0 Å². The van der Waals surface area contributed by atoms with E-state index in [1.807, 2.05) is 42.5 Å². The number of amides is 2. The highest BCUT2D eigenvalue weighted by molar-refractivity contribution is 7.89. The molecule has 0 saturated carbocycles. The third kappa shape index (κ3) is 4.54. The maximum atomic E-state index is 13.2. The van der Waals surface area contributed by atoms with Crippen molar-refractivity contribution in [3.8, 4) is 0 Å². The molecule has 2 heterocycles. The van der Waals surface area contributed by atoms with Crippen LogP contribution in [0.1, 0.15) is 12.0 Å². The Kier molecular flexibility index (Phi) is 6.31. The summed E-state index contributed by atoms with van der Waals surface area (Å²) in [5.74, 6) is -0.956. The number of ether oxygens (including phenoxy) is 1. The maximum absolute atomic E-state index is 13.2. The molecular weight excluding hydrogens is 466 g/mol. The zero-order valence-electron chi connectivity index (χ0n) is 19.4. The average Bonchev–Trinajstić information content (AvgIpc) is 3.26. The van der Waals surface area contributed by atoms with E-state index < -0.39 is 15.9 Å². The summed E-state index contributed by atoms with van der Waals surface area (Å²) in [4.78, 5) is 27.8. The van der Waals surface area contributed by atoms with Gasteiger partial charge in [0.25, 0.3) is 0 Å². The molecule has 2 aliphatic rings. The van der Waals surface area contributed by atoms with Crippen molar-refractivity contribution in [2.24, 2.45) is 5.92 Å². The normalized spacial score (nSPS) is 19.3. The van der Waals surface area contributed by atoms with E-state index in [0.717, 1.165) is 16.5 Å². The predicted molar refractivity (Wildman–Crippen MR) is 134 cm³/mol. The van der Waals surface area contributed by atoms with Crippen molar-refractivity contribution in [1.29, 1.82) is 0 Å². The van der Waals surface area contributed by atoms with Crippen molar-refractivity contribution in [3.63, 3.8) is 0 Å². The van der Waals surface area contributed by atoms with Crippen molar-refractivity contribution in [3.05, 3.63) is 66.2 Å². The lowest BCUT2D eigenvalue weighted by atomic mass is 10.1. The van der Waals surface area contributed by atoms with E-state index in [0.29, 0.717) is 37.6 Å². The minimum Gasteiger partial charge on any atom is -0.379 e. The Morgan fingerprint density at radius 2 is 1.77 bits per heavy atom. The lowest BCUT2D eigenvalue weighted by Crippen LogP contribution is -2.40. The molecule has 35 heavy (non-hydrogen) atoms. The Hall–Kier alpha value is -3.27. The van der Waals surface area contributed by atoms with Crippen LogP contribution in [0, 0.1) is 12.8 Å². The van der Waals surface area contributed by atoms with Gasteiger partial charge < -0.3 is 15.0 Å². The molecule has 5 rings (SSSR count). The molecule has 2 amide bonds. The van der Waals surface area contributed by atoms with Gasteiger partial charge >= 0.3 is 0 Å². The zero-order chi connectivity index (χ0) is 24.6. The third-order valence-electron chi connectivity index (χ3n) is 6.60. The van der Waals surface area contributed by atoms with Crippen LogP contribution in [-0.4, -0.2) is 57.4 Å². The fourth-order valence-electron chi connectivity index (χ4n) is 4.69. The number of nitrogens with one attached hydrogen (secondary N) is 1. The smallest absolute Gasteiger partial charge is 0.243 e. The van der Waals surface area contributed by atoms with Gasteiger partial charge in [-0.2, -0.15) is 4.31 Å². The van der Waals surface area contributed by atoms with Crippen LogP contribution in [0.5, 0.6) is 0 Å². The van der Waals surface area contributed by atoms with Crippen LogP contribution in [0.15, 0.2) is 65.6 Å². The number of nitrogens with zero attached hydrogens (tertiary/aromatic N) is 2. The van der Waals surface area contributed by atoms with Crippen LogP contribution in [0.25, 0.3) is 10.8 Å². The Bertz CT molecular complexity index is 1390. The van der Waals surface area contributed by atoms with Crippen LogP contribution in [0.3, 0.4) is 0 Å². The summed E-state index contributed by atoms with van der Waals surface area (Å²) < 4.78 is 33.0. The first-order valence-electron chi connectivity index (χ1n) is 11.6. The molecule has 0 bridgehead atoms. The summed E-state index contributed by atoms with van der Waals surface area (Å²) in [5, 5.41) is 4.82. The number of hydrogen-bond donors (Lipinski definition) is 1. The van der Waals surface area contributed by atoms with Crippen molar-refractivity contribution >= 4 is 44.0 Å². The van der Waals surface area contributed by atoms with Crippen molar-refractivity contribution in [2.45, 2.75) is 18.2 Å². The quantitative estimate of drug-likeness (QED) is 0.589. The van der Waals surface area contributed by atoms with E-state index in [1.165, 1.54) is 10.4 Å². The van der Waals surface area contributed by atoms with Crippen molar-refractivity contribution in [1.82, 2.24) is 4.31 Å². The predicted octanol–water partition coefficient (Wildman–Crippen LogP) is 3.16. The fourth-order valence-corrected chi connectivity index (χ4v) is 6.34. The van der Waals surface area contributed by atoms with Crippen molar-refractivity contribution < 1.29 is 22.7 Å². The number of aryl methyl sites for hydroxylation is 1. The van der Waals surface area contributed by atoms with Gasteiger partial charge in [0.2, 0.25) is 21.8 Å². The highest BCUT2D eigenvalue weighted by Crippen LogP contribution is 2.32. The van der Waals surface area contributed by atoms with E-state index in [2.05, 4.69) is 5.32 Å². The Morgan fingerprint density at radius 3 is 2.57 bits per heavy atom. The van der Waals surface area contributed by atoms with Crippen LogP contribution in [0.2, 0.25) is 0 Å². The number of carbonyl (C=O) groups is 2. The molecule has 0 aromatic heterocycles. The first kappa shape index (κ1) is 23.5. The van der Waals surface area contributed by atoms with E-state index in [9.17, 15) is 18.0 Å². The molecule has 1 atom stereocenters.